The van der Waals surface area contributed by atoms with Gasteiger partial charge < -0.3 is 14.7 Å². The highest BCUT2D eigenvalue weighted by atomic mass is 32.2. The Bertz CT molecular complexity index is 960. The number of hydrogen-bond acceptors (Lipinski definition) is 5. The number of benzene rings is 1. The van der Waals surface area contributed by atoms with Crippen LogP contribution < -0.4 is 4.72 Å². The number of carbonyl (C=O) groups excluding carboxylic acids is 3. The Balaban J connectivity index is 1.55. The van der Waals surface area contributed by atoms with Crippen molar-refractivity contribution in [2.75, 3.05) is 43.7 Å². The van der Waals surface area contributed by atoms with Crippen molar-refractivity contribution in [3.05, 3.63) is 29.8 Å². The zero-order chi connectivity index (χ0) is 23.0. The van der Waals surface area contributed by atoms with Crippen molar-refractivity contribution in [3.63, 3.8) is 0 Å². The van der Waals surface area contributed by atoms with Crippen molar-refractivity contribution in [3.8, 4) is 0 Å². The fraction of sp³-hybridized carbons (Fsp3) is 0.571. The van der Waals surface area contributed by atoms with Gasteiger partial charge in [0.25, 0.3) is 5.91 Å². The number of amides is 3. The van der Waals surface area contributed by atoms with Crippen molar-refractivity contribution in [2.24, 2.45) is 5.92 Å². The molecule has 1 unspecified atom stereocenters. The van der Waals surface area contributed by atoms with Gasteiger partial charge >= 0.3 is 0 Å². The van der Waals surface area contributed by atoms with E-state index in [0.29, 0.717) is 44.0 Å². The molecule has 0 spiro atoms. The summed E-state index contributed by atoms with van der Waals surface area (Å²) in [5.41, 5.74) is 0.551. The first-order valence-corrected chi connectivity index (χ1v) is 12.2. The summed E-state index contributed by atoms with van der Waals surface area (Å²) in [6, 6.07) is 6.26. The molecule has 2 aliphatic rings. The first kappa shape index (κ1) is 23.1. The zero-order valence-corrected chi connectivity index (χ0v) is 19.2. The molecule has 3 rings (SSSR count). The summed E-state index contributed by atoms with van der Waals surface area (Å²) in [4.78, 5) is 43.1. The summed E-state index contributed by atoms with van der Waals surface area (Å²) in [5, 5.41) is 0. The minimum Gasteiger partial charge on any atom is -0.339 e. The van der Waals surface area contributed by atoms with E-state index in [1.165, 1.54) is 0 Å². The van der Waals surface area contributed by atoms with Crippen molar-refractivity contribution < 1.29 is 22.8 Å². The van der Waals surface area contributed by atoms with Crippen molar-refractivity contribution in [1.29, 1.82) is 0 Å². The van der Waals surface area contributed by atoms with Gasteiger partial charge in [0.2, 0.25) is 21.8 Å². The molecule has 1 aromatic rings. The molecule has 1 aromatic carbocycles. The molecule has 9 nitrogen and oxygen atoms in total. The number of piperazine rings is 1. The SMILES string of the molecule is CC(C)(C)N1CC(C(=O)N2CCN(C(=O)c3ccc(NS(C)(=O)=O)cc3)CC2)CC1=O. The second-order valence-corrected chi connectivity index (χ2v) is 10.9. The molecule has 1 N–H and O–H groups in total. The van der Waals surface area contributed by atoms with Crippen LogP contribution in [0.5, 0.6) is 0 Å². The van der Waals surface area contributed by atoms with E-state index in [2.05, 4.69) is 4.72 Å². The maximum atomic E-state index is 12.9. The Morgan fingerprint density at radius 3 is 2.03 bits per heavy atom. The third kappa shape index (κ3) is 5.55. The van der Waals surface area contributed by atoms with Gasteiger partial charge in [0, 0.05) is 55.9 Å². The number of nitrogens with zero attached hydrogens (tertiary/aromatic N) is 3. The van der Waals surface area contributed by atoms with Crippen molar-refractivity contribution in [2.45, 2.75) is 32.7 Å². The highest BCUT2D eigenvalue weighted by Crippen LogP contribution is 2.27. The lowest BCUT2D eigenvalue weighted by atomic mass is 10.1. The molecule has 170 valence electrons. The second kappa shape index (κ2) is 8.49. The van der Waals surface area contributed by atoms with Crippen LogP contribution in [0.1, 0.15) is 37.6 Å². The summed E-state index contributed by atoms with van der Waals surface area (Å²) in [5.74, 6) is -0.506. The lowest BCUT2D eigenvalue weighted by Crippen LogP contribution is -2.52. The summed E-state index contributed by atoms with van der Waals surface area (Å²) >= 11 is 0. The standard InChI is InChI=1S/C21H30N4O5S/c1-21(2,3)25-14-16(13-18(25)26)20(28)24-11-9-23(10-12-24)19(27)15-5-7-17(8-6-15)22-31(4,29)30/h5-8,16,22H,9-14H2,1-4H3. The van der Waals surface area contributed by atoms with Crippen LogP contribution in [0.4, 0.5) is 5.69 Å². The molecule has 2 aliphatic heterocycles. The molecular formula is C21H30N4O5S. The van der Waals surface area contributed by atoms with Crippen LogP contribution >= 0.6 is 0 Å². The molecule has 0 radical (unpaired) electrons. The van der Waals surface area contributed by atoms with E-state index in [1.54, 1.807) is 39.0 Å². The Morgan fingerprint density at radius 1 is 1.00 bits per heavy atom. The number of hydrogen-bond donors (Lipinski definition) is 1. The van der Waals surface area contributed by atoms with Gasteiger partial charge in [-0.1, -0.05) is 0 Å². The molecule has 0 bridgehead atoms. The lowest BCUT2D eigenvalue weighted by Gasteiger charge is -2.36. The summed E-state index contributed by atoms with van der Waals surface area (Å²) in [6.07, 6.45) is 1.30. The van der Waals surface area contributed by atoms with Crippen LogP contribution in [0, 0.1) is 5.92 Å². The van der Waals surface area contributed by atoms with Crippen LogP contribution in [-0.4, -0.2) is 85.4 Å². The predicted octanol–water partition coefficient (Wildman–Crippen LogP) is 0.990. The normalized spacial score (nSPS) is 20.2. The number of carbonyl (C=O) groups is 3. The van der Waals surface area contributed by atoms with E-state index in [1.807, 2.05) is 20.8 Å². The fourth-order valence-corrected chi connectivity index (χ4v) is 4.55. The number of sulfonamides is 1. The topological polar surface area (TPSA) is 107 Å². The van der Waals surface area contributed by atoms with Gasteiger partial charge in [-0.25, -0.2) is 8.42 Å². The highest BCUT2D eigenvalue weighted by molar-refractivity contribution is 7.92. The van der Waals surface area contributed by atoms with Gasteiger partial charge in [0.05, 0.1) is 12.2 Å². The van der Waals surface area contributed by atoms with E-state index in [4.69, 9.17) is 0 Å². The average molecular weight is 451 g/mol. The maximum Gasteiger partial charge on any atom is 0.253 e. The summed E-state index contributed by atoms with van der Waals surface area (Å²) in [7, 11) is -3.37. The van der Waals surface area contributed by atoms with Gasteiger partial charge in [-0.05, 0) is 45.0 Å². The van der Waals surface area contributed by atoms with Crippen LogP contribution in [-0.2, 0) is 19.6 Å². The Morgan fingerprint density at radius 2 is 1.55 bits per heavy atom. The van der Waals surface area contributed by atoms with Gasteiger partial charge in [-0.3, -0.25) is 19.1 Å². The van der Waals surface area contributed by atoms with E-state index < -0.39 is 10.0 Å². The van der Waals surface area contributed by atoms with Gasteiger partial charge in [-0.2, -0.15) is 0 Å². The second-order valence-electron chi connectivity index (χ2n) is 9.15. The molecular weight excluding hydrogens is 420 g/mol. The van der Waals surface area contributed by atoms with Crippen molar-refractivity contribution in [1.82, 2.24) is 14.7 Å². The molecule has 31 heavy (non-hydrogen) atoms. The van der Waals surface area contributed by atoms with Crippen LogP contribution in [0.3, 0.4) is 0 Å². The lowest BCUT2D eigenvalue weighted by molar-refractivity contribution is -0.137. The van der Waals surface area contributed by atoms with E-state index in [0.717, 1.165) is 6.26 Å². The Kier molecular flexibility index (Phi) is 6.31. The van der Waals surface area contributed by atoms with E-state index >= 15 is 0 Å². The largest absolute Gasteiger partial charge is 0.339 e. The number of anilines is 1. The molecule has 0 saturated carbocycles. The quantitative estimate of drug-likeness (QED) is 0.736. The number of likely N-dealkylation sites (tertiary alicyclic amines) is 1. The summed E-state index contributed by atoms with van der Waals surface area (Å²) in [6.45, 7) is 8.02. The van der Waals surface area contributed by atoms with Crippen molar-refractivity contribution >= 4 is 33.4 Å². The minimum absolute atomic E-state index is 0.00785. The van der Waals surface area contributed by atoms with Crippen LogP contribution in [0.2, 0.25) is 0 Å². The molecule has 1 atom stereocenters. The van der Waals surface area contributed by atoms with Crippen LogP contribution in [0.15, 0.2) is 24.3 Å². The third-order valence-electron chi connectivity index (χ3n) is 5.60. The summed E-state index contributed by atoms with van der Waals surface area (Å²) < 4.78 is 24.9. The monoisotopic (exact) mass is 450 g/mol. The highest BCUT2D eigenvalue weighted by Gasteiger charge is 2.41. The first-order chi connectivity index (χ1) is 14.3. The zero-order valence-electron chi connectivity index (χ0n) is 18.4. The smallest absolute Gasteiger partial charge is 0.253 e. The molecule has 2 heterocycles. The number of nitrogens with one attached hydrogen (secondary N) is 1. The average Bonchev–Trinajstić information content (AvgIpc) is 3.08. The van der Waals surface area contributed by atoms with Gasteiger partial charge in [-0.15, -0.1) is 0 Å². The third-order valence-corrected chi connectivity index (χ3v) is 6.20. The molecule has 10 heteroatoms. The maximum absolute atomic E-state index is 12.9. The van der Waals surface area contributed by atoms with E-state index in [-0.39, 0.29) is 35.6 Å². The fourth-order valence-electron chi connectivity index (χ4n) is 3.99. The Hall–Kier alpha value is -2.62. The molecule has 0 aliphatic carbocycles. The van der Waals surface area contributed by atoms with Crippen LogP contribution in [0.25, 0.3) is 0 Å². The number of rotatable bonds is 4. The molecule has 0 aromatic heterocycles. The predicted molar refractivity (Wildman–Crippen MR) is 117 cm³/mol. The van der Waals surface area contributed by atoms with Gasteiger partial charge in [0.15, 0.2) is 0 Å². The molecule has 3 amide bonds. The Labute approximate surface area is 183 Å². The molecule has 2 fully saturated rings. The minimum atomic E-state index is -3.37. The van der Waals surface area contributed by atoms with Gasteiger partial charge in [0.1, 0.15) is 0 Å². The van der Waals surface area contributed by atoms with E-state index in [9.17, 15) is 22.8 Å². The first-order valence-electron chi connectivity index (χ1n) is 10.3. The molecule has 2 saturated heterocycles.